The summed E-state index contributed by atoms with van der Waals surface area (Å²) in [5.41, 5.74) is 5.38. The van der Waals surface area contributed by atoms with Gasteiger partial charge in [-0.3, -0.25) is 14.9 Å². The van der Waals surface area contributed by atoms with Crippen molar-refractivity contribution in [1.82, 2.24) is 19.6 Å². The van der Waals surface area contributed by atoms with Crippen LogP contribution in [0.2, 0.25) is 5.02 Å². The number of anilines is 2. The van der Waals surface area contributed by atoms with E-state index < -0.39 is 23.3 Å². The molecule has 0 bridgehead atoms. The molecule has 4 aliphatic rings. The van der Waals surface area contributed by atoms with Gasteiger partial charge in [-0.05, 0) is 106 Å². The van der Waals surface area contributed by atoms with Gasteiger partial charge in [0.25, 0.3) is 0 Å². The van der Waals surface area contributed by atoms with Crippen LogP contribution in [0.15, 0.2) is 23.6 Å². The number of nitrogens with two attached hydrogens (primary N) is 1. The summed E-state index contributed by atoms with van der Waals surface area (Å²) >= 11 is 7.64. The number of nitrogen functional groups attached to an aromatic ring is 1. The summed E-state index contributed by atoms with van der Waals surface area (Å²) < 4.78 is 41.4. The Morgan fingerprint density at radius 2 is 1.62 bits per heavy atom. The molecule has 2 aromatic rings. The highest BCUT2D eigenvalue weighted by atomic mass is 35.5. The number of piperidine rings is 3. The third-order valence-electron chi connectivity index (χ3n) is 10.9. The fraction of sp³-hybridized carbons (Fsp3) is 0.618. The van der Waals surface area contributed by atoms with E-state index in [4.69, 9.17) is 17.3 Å². The van der Waals surface area contributed by atoms with Crippen LogP contribution in [0, 0.1) is 17.8 Å². The van der Waals surface area contributed by atoms with Crippen LogP contribution < -0.4 is 11.1 Å². The molecule has 9 nitrogen and oxygen atoms in total. The highest BCUT2D eigenvalue weighted by Gasteiger charge is 2.38. The Hall–Kier alpha value is -3.03. The van der Waals surface area contributed by atoms with Crippen molar-refractivity contribution >= 4 is 51.5 Å². The number of nitrogens with zero attached hydrogens (tertiary/aromatic N) is 4. The molecule has 14 heteroatoms. The highest BCUT2D eigenvalue weighted by Crippen LogP contribution is 2.39. The first-order chi connectivity index (χ1) is 22.9. The predicted molar refractivity (Wildman–Crippen MR) is 181 cm³/mol. The van der Waals surface area contributed by atoms with Crippen LogP contribution in [0.1, 0.15) is 61.6 Å². The molecule has 0 spiro atoms. The van der Waals surface area contributed by atoms with Crippen LogP contribution in [0.4, 0.5) is 28.7 Å². The van der Waals surface area contributed by atoms with Gasteiger partial charge in [0.1, 0.15) is 5.00 Å². The molecule has 5 heterocycles. The molecule has 3 fully saturated rings. The molecule has 0 saturated carbocycles. The predicted octanol–water partition coefficient (Wildman–Crippen LogP) is 6.17. The molecule has 4 aliphatic heterocycles. The zero-order chi connectivity index (χ0) is 34.2. The summed E-state index contributed by atoms with van der Waals surface area (Å²) in [4.78, 5) is 48.3. The first kappa shape index (κ1) is 34.8. The quantitative estimate of drug-likeness (QED) is 0.335. The van der Waals surface area contributed by atoms with Gasteiger partial charge in [0.2, 0.25) is 11.8 Å². The Morgan fingerprint density at radius 3 is 2.27 bits per heavy atom. The van der Waals surface area contributed by atoms with Crippen molar-refractivity contribution in [2.45, 2.75) is 70.1 Å². The maximum absolute atomic E-state index is 14.1. The monoisotopic (exact) mass is 708 g/mol. The zero-order valence-electron chi connectivity index (χ0n) is 27.2. The average molecular weight is 709 g/mol. The average Bonchev–Trinajstić information content (AvgIpc) is 3.52. The molecule has 6 rings (SSSR count). The highest BCUT2D eigenvalue weighted by molar-refractivity contribution is 7.14. The van der Waals surface area contributed by atoms with Crippen molar-refractivity contribution in [3.63, 3.8) is 0 Å². The minimum atomic E-state index is -4.71. The summed E-state index contributed by atoms with van der Waals surface area (Å²) in [7, 11) is 2.14. The van der Waals surface area contributed by atoms with Crippen molar-refractivity contribution in [1.29, 1.82) is 0 Å². The lowest BCUT2D eigenvalue weighted by atomic mass is 9.78. The number of thiophene rings is 1. The number of fused-ring (bicyclic) bond motifs is 1. The molecule has 4 amide bonds. The lowest BCUT2D eigenvalue weighted by Crippen LogP contribution is -2.51. The second kappa shape index (κ2) is 14.4. The Balaban J connectivity index is 1.13. The Morgan fingerprint density at radius 1 is 1.00 bits per heavy atom. The number of carbonyl (C=O) groups excluding carboxylic acids is 3. The number of benzene rings is 1. The molecular weight excluding hydrogens is 665 g/mol. The largest absolute Gasteiger partial charge is 0.418 e. The van der Waals surface area contributed by atoms with E-state index in [0.29, 0.717) is 57.4 Å². The van der Waals surface area contributed by atoms with E-state index >= 15 is 0 Å². The summed E-state index contributed by atoms with van der Waals surface area (Å²) in [6.45, 7) is 4.69. The van der Waals surface area contributed by atoms with E-state index in [1.807, 2.05) is 16.3 Å². The van der Waals surface area contributed by atoms with Gasteiger partial charge < -0.3 is 25.3 Å². The number of carbonyl (C=O) groups is 3. The van der Waals surface area contributed by atoms with Crippen molar-refractivity contribution < 1.29 is 27.6 Å². The molecule has 0 radical (unpaired) electrons. The number of hydrogen-bond donors (Lipinski definition) is 2. The molecule has 48 heavy (non-hydrogen) atoms. The number of halogens is 4. The number of hydrogen-bond acceptors (Lipinski definition) is 6. The second-order valence-electron chi connectivity index (χ2n) is 13.9. The van der Waals surface area contributed by atoms with Gasteiger partial charge in [0.15, 0.2) is 0 Å². The maximum atomic E-state index is 14.1. The van der Waals surface area contributed by atoms with E-state index in [9.17, 15) is 27.6 Å². The van der Waals surface area contributed by atoms with E-state index in [1.165, 1.54) is 17.4 Å². The standard InChI is InChI=1S/C34H44ClF3N6O3S/c1-41-9-2-22(3-10-41)23-4-11-43(12-5-23)32(46)25(16-21-17-27(34(36,37)38)30(39)28(35)18-21)19-29(45)42-13-6-26(7-14-42)44-20-24-8-15-48-31(24)40-33(44)47/h8,15,17-18,22-23,25-26H,2-7,9-14,16,19-20,39H2,1H3,(H,40,47)/t25-/m0/s1. The summed E-state index contributed by atoms with van der Waals surface area (Å²) in [6, 6.07) is 4.16. The van der Waals surface area contributed by atoms with Gasteiger partial charge in [-0.1, -0.05) is 11.6 Å². The summed E-state index contributed by atoms with van der Waals surface area (Å²) in [5.74, 6) is -0.0878. The third kappa shape index (κ3) is 7.73. The first-order valence-corrected chi connectivity index (χ1v) is 18.2. The van der Waals surface area contributed by atoms with Gasteiger partial charge in [-0.25, -0.2) is 4.79 Å². The normalized spacial score (nSPS) is 21.3. The van der Waals surface area contributed by atoms with Crippen molar-refractivity contribution in [2.75, 3.05) is 57.4 Å². The van der Waals surface area contributed by atoms with E-state index in [-0.39, 0.29) is 47.3 Å². The molecule has 3 N–H and O–H groups in total. The minimum absolute atomic E-state index is 0.0249. The fourth-order valence-electron chi connectivity index (χ4n) is 7.96. The van der Waals surface area contributed by atoms with Crippen molar-refractivity contribution in [3.8, 4) is 0 Å². The Bertz CT molecular complexity index is 1500. The van der Waals surface area contributed by atoms with Crippen LogP contribution in [0.25, 0.3) is 0 Å². The second-order valence-corrected chi connectivity index (χ2v) is 15.2. The molecule has 1 atom stereocenters. The number of urea groups is 1. The number of nitrogens with one attached hydrogen (secondary N) is 1. The van der Waals surface area contributed by atoms with Gasteiger partial charge in [-0.15, -0.1) is 11.3 Å². The van der Waals surface area contributed by atoms with Gasteiger partial charge in [-0.2, -0.15) is 13.2 Å². The van der Waals surface area contributed by atoms with E-state index in [1.54, 1.807) is 9.80 Å². The molecule has 1 aromatic heterocycles. The summed E-state index contributed by atoms with van der Waals surface area (Å²) in [6.07, 6.45) is 0.387. The lowest BCUT2D eigenvalue weighted by molar-refractivity contribution is -0.143. The number of likely N-dealkylation sites (tertiary alicyclic amines) is 3. The van der Waals surface area contributed by atoms with E-state index in [2.05, 4.69) is 17.3 Å². The molecular formula is C34H44ClF3N6O3S. The topological polar surface area (TPSA) is 102 Å². The van der Waals surface area contributed by atoms with Crippen molar-refractivity contribution in [3.05, 3.63) is 45.3 Å². The number of rotatable bonds is 7. The van der Waals surface area contributed by atoms with Crippen molar-refractivity contribution in [2.24, 2.45) is 17.8 Å². The van der Waals surface area contributed by atoms with Gasteiger partial charge in [0, 0.05) is 44.2 Å². The lowest BCUT2D eigenvalue weighted by Gasteiger charge is -2.41. The number of amides is 4. The molecule has 0 aliphatic carbocycles. The van der Waals surface area contributed by atoms with Crippen LogP contribution in [0.3, 0.4) is 0 Å². The number of alkyl halides is 3. The molecule has 1 aromatic carbocycles. The van der Waals surface area contributed by atoms with Crippen LogP contribution in [0.5, 0.6) is 0 Å². The molecule has 3 saturated heterocycles. The molecule has 0 unspecified atom stereocenters. The fourth-order valence-corrected chi connectivity index (χ4v) is 9.00. The SMILES string of the molecule is CN1CCC(C2CCN(C(=O)[C@H](CC(=O)N3CCC(N4Cc5ccsc5NC4=O)CC3)Cc3cc(Cl)c(N)c(C(F)(F)F)c3)CC2)CC1. The third-order valence-corrected chi connectivity index (χ3v) is 12.0. The van der Waals surface area contributed by atoms with Crippen LogP contribution >= 0.6 is 22.9 Å². The van der Waals surface area contributed by atoms with Gasteiger partial charge >= 0.3 is 12.2 Å². The smallest absolute Gasteiger partial charge is 0.397 e. The van der Waals surface area contributed by atoms with E-state index in [0.717, 1.165) is 55.4 Å². The maximum Gasteiger partial charge on any atom is 0.418 e. The minimum Gasteiger partial charge on any atom is -0.397 e. The Labute approximate surface area is 288 Å². The zero-order valence-corrected chi connectivity index (χ0v) is 28.8. The van der Waals surface area contributed by atoms with Gasteiger partial charge in [0.05, 0.1) is 28.7 Å². The Kier molecular flexibility index (Phi) is 10.5. The summed E-state index contributed by atoms with van der Waals surface area (Å²) in [5, 5.41) is 5.55. The van der Waals surface area contributed by atoms with Crippen LogP contribution in [-0.2, 0) is 28.7 Å². The van der Waals surface area contributed by atoms with Crippen LogP contribution in [-0.4, -0.2) is 89.8 Å². The molecule has 262 valence electrons. The first-order valence-electron chi connectivity index (χ1n) is 16.9.